The van der Waals surface area contributed by atoms with Gasteiger partial charge in [-0.3, -0.25) is 9.88 Å². The number of thiazole rings is 1. The lowest BCUT2D eigenvalue weighted by Crippen LogP contribution is -2.33. The van der Waals surface area contributed by atoms with Crippen molar-refractivity contribution in [3.63, 3.8) is 0 Å². The molecule has 1 saturated heterocycles. The summed E-state index contributed by atoms with van der Waals surface area (Å²) in [5, 5.41) is 3.18. The minimum absolute atomic E-state index is 0.776. The van der Waals surface area contributed by atoms with Gasteiger partial charge >= 0.3 is 0 Å². The van der Waals surface area contributed by atoms with Crippen LogP contribution in [0.2, 0.25) is 0 Å². The molecule has 3 heterocycles. The van der Waals surface area contributed by atoms with Crippen molar-refractivity contribution in [3.8, 4) is 22.2 Å². The molecule has 0 spiro atoms. The average molecular weight is 424 g/mol. The van der Waals surface area contributed by atoms with E-state index >= 15 is 0 Å². The van der Waals surface area contributed by atoms with Gasteiger partial charge in [0.25, 0.3) is 0 Å². The summed E-state index contributed by atoms with van der Waals surface area (Å²) < 4.78 is 10.8. The van der Waals surface area contributed by atoms with Crippen LogP contribution in [0, 0.1) is 5.92 Å². The van der Waals surface area contributed by atoms with Crippen molar-refractivity contribution in [2.24, 2.45) is 5.92 Å². The fraction of sp³-hybridized carbons (Fsp3) is 0.417. The Labute approximate surface area is 182 Å². The molecule has 5 nitrogen and oxygen atoms in total. The van der Waals surface area contributed by atoms with Gasteiger partial charge in [0.1, 0.15) is 16.5 Å². The Morgan fingerprint density at radius 3 is 2.50 bits per heavy atom. The number of hydrogen-bond donors (Lipinski definition) is 0. The summed E-state index contributed by atoms with van der Waals surface area (Å²) in [7, 11) is 3.41. The van der Waals surface area contributed by atoms with E-state index in [2.05, 4.69) is 27.4 Å². The van der Waals surface area contributed by atoms with Crippen molar-refractivity contribution in [2.45, 2.75) is 32.2 Å². The second-order valence-corrected chi connectivity index (χ2v) is 8.70. The second kappa shape index (κ2) is 10.0. The summed E-state index contributed by atoms with van der Waals surface area (Å²) in [5.41, 5.74) is 3.40. The maximum atomic E-state index is 5.39. The van der Waals surface area contributed by atoms with E-state index in [0.717, 1.165) is 59.9 Å². The maximum absolute atomic E-state index is 5.39. The number of piperidine rings is 1. The molecule has 0 radical (unpaired) electrons. The van der Waals surface area contributed by atoms with Crippen molar-refractivity contribution < 1.29 is 9.47 Å². The van der Waals surface area contributed by atoms with Gasteiger partial charge in [-0.05, 0) is 74.5 Å². The SMILES string of the molecule is COc1cc(CCC2CCN(Cc3csc(-c4ccccn4)n3)CC2)cc(OC)c1. The van der Waals surface area contributed by atoms with Gasteiger partial charge < -0.3 is 9.47 Å². The van der Waals surface area contributed by atoms with Crippen LogP contribution in [-0.4, -0.2) is 42.2 Å². The van der Waals surface area contributed by atoms with Crippen LogP contribution < -0.4 is 9.47 Å². The van der Waals surface area contributed by atoms with E-state index in [9.17, 15) is 0 Å². The molecule has 6 heteroatoms. The van der Waals surface area contributed by atoms with Crippen LogP contribution in [0.1, 0.15) is 30.5 Å². The summed E-state index contributed by atoms with van der Waals surface area (Å²) in [6.45, 7) is 3.22. The van der Waals surface area contributed by atoms with Crippen molar-refractivity contribution in [2.75, 3.05) is 27.3 Å². The molecule has 1 aliphatic rings. The fourth-order valence-electron chi connectivity index (χ4n) is 4.03. The Balaban J connectivity index is 1.25. The third-order valence-corrected chi connectivity index (χ3v) is 6.69. The quantitative estimate of drug-likeness (QED) is 0.506. The van der Waals surface area contributed by atoms with E-state index in [4.69, 9.17) is 14.5 Å². The monoisotopic (exact) mass is 423 g/mol. The molecule has 0 aliphatic carbocycles. The van der Waals surface area contributed by atoms with Crippen LogP contribution in [0.15, 0.2) is 48.0 Å². The molecule has 0 N–H and O–H groups in total. The highest BCUT2D eigenvalue weighted by atomic mass is 32.1. The molecule has 2 aromatic heterocycles. The summed E-state index contributed by atoms with van der Waals surface area (Å²) in [4.78, 5) is 11.7. The third-order valence-electron chi connectivity index (χ3n) is 5.78. The lowest BCUT2D eigenvalue weighted by Gasteiger charge is -2.31. The Morgan fingerprint density at radius 2 is 1.83 bits per heavy atom. The van der Waals surface area contributed by atoms with E-state index < -0.39 is 0 Å². The second-order valence-electron chi connectivity index (χ2n) is 7.84. The zero-order valence-electron chi connectivity index (χ0n) is 17.7. The zero-order valence-corrected chi connectivity index (χ0v) is 18.5. The molecule has 0 unspecified atom stereocenters. The van der Waals surface area contributed by atoms with Gasteiger partial charge in [-0.2, -0.15) is 0 Å². The Bertz CT molecular complexity index is 914. The van der Waals surface area contributed by atoms with E-state index in [0.29, 0.717) is 0 Å². The lowest BCUT2D eigenvalue weighted by molar-refractivity contribution is 0.171. The van der Waals surface area contributed by atoms with Crippen LogP contribution in [0.5, 0.6) is 11.5 Å². The summed E-state index contributed by atoms with van der Waals surface area (Å²) in [6.07, 6.45) is 6.60. The molecule has 1 aromatic carbocycles. The number of ether oxygens (including phenoxy) is 2. The number of methoxy groups -OCH3 is 2. The maximum Gasteiger partial charge on any atom is 0.142 e. The number of likely N-dealkylation sites (tertiary alicyclic amines) is 1. The number of nitrogens with zero attached hydrogens (tertiary/aromatic N) is 3. The van der Waals surface area contributed by atoms with Crippen LogP contribution in [0.4, 0.5) is 0 Å². The highest BCUT2D eigenvalue weighted by molar-refractivity contribution is 7.13. The topological polar surface area (TPSA) is 47.5 Å². The first-order valence-electron chi connectivity index (χ1n) is 10.5. The summed E-state index contributed by atoms with van der Waals surface area (Å²) >= 11 is 1.68. The van der Waals surface area contributed by atoms with Crippen molar-refractivity contribution in [1.82, 2.24) is 14.9 Å². The molecule has 1 fully saturated rings. The first-order valence-corrected chi connectivity index (χ1v) is 11.4. The summed E-state index contributed by atoms with van der Waals surface area (Å²) in [6, 6.07) is 12.1. The predicted octanol–water partition coefficient (Wildman–Crippen LogP) is 5.07. The fourth-order valence-corrected chi connectivity index (χ4v) is 4.82. The number of hydrogen-bond acceptors (Lipinski definition) is 6. The van der Waals surface area contributed by atoms with Crippen molar-refractivity contribution >= 4 is 11.3 Å². The first kappa shape index (κ1) is 20.8. The highest BCUT2D eigenvalue weighted by Gasteiger charge is 2.20. The lowest BCUT2D eigenvalue weighted by atomic mass is 9.90. The number of pyridine rings is 1. The van der Waals surface area contributed by atoms with Crippen LogP contribution >= 0.6 is 11.3 Å². The number of rotatable bonds is 8. The van der Waals surface area contributed by atoms with E-state index in [1.807, 2.05) is 30.5 Å². The Morgan fingerprint density at radius 1 is 1.07 bits per heavy atom. The third kappa shape index (κ3) is 5.37. The van der Waals surface area contributed by atoms with Crippen molar-refractivity contribution in [1.29, 1.82) is 0 Å². The first-order chi connectivity index (χ1) is 14.7. The average Bonchev–Trinajstić information content (AvgIpc) is 3.27. The van der Waals surface area contributed by atoms with Gasteiger partial charge in [-0.15, -0.1) is 11.3 Å². The minimum Gasteiger partial charge on any atom is -0.497 e. The van der Waals surface area contributed by atoms with E-state index in [-0.39, 0.29) is 0 Å². The van der Waals surface area contributed by atoms with E-state index in [1.54, 1.807) is 25.6 Å². The molecule has 0 bridgehead atoms. The molecule has 3 aromatic rings. The Hall–Kier alpha value is -2.44. The molecule has 0 saturated carbocycles. The van der Waals surface area contributed by atoms with Crippen LogP contribution in [0.3, 0.4) is 0 Å². The van der Waals surface area contributed by atoms with Gasteiger partial charge in [0.05, 0.1) is 25.6 Å². The smallest absolute Gasteiger partial charge is 0.142 e. The van der Waals surface area contributed by atoms with Crippen LogP contribution in [0.25, 0.3) is 10.7 Å². The molecule has 4 rings (SSSR count). The minimum atomic E-state index is 0.776. The molecule has 1 aliphatic heterocycles. The molecule has 30 heavy (non-hydrogen) atoms. The molecule has 0 amide bonds. The molecule has 0 atom stereocenters. The van der Waals surface area contributed by atoms with Crippen molar-refractivity contribution in [3.05, 3.63) is 59.2 Å². The normalized spacial score (nSPS) is 15.3. The van der Waals surface area contributed by atoms with E-state index in [1.165, 1.54) is 24.8 Å². The number of aryl methyl sites for hydroxylation is 1. The Kier molecular flexibility index (Phi) is 6.97. The standard InChI is InChI=1S/C24H29N3O2S/c1-28-21-13-19(14-22(15-21)29-2)7-6-18-8-11-27(12-9-18)16-20-17-30-24(26-20)23-5-3-4-10-25-23/h3-5,10,13-15,17-18H,6-9,11-12,16H2,1-2H3. The number of benzene rings is 1. The number of aromatic nitrogens is 2. The predicted molar refractivity (Wildman–Crippen MR) is 121 cm³/mol. The van der Waals surface area contributed by atoms with Gasteiger partial charge in [-0.25, -0.2) is 4.98 Å². The zero-order chi connectivity index (χ0) is 20.8. The van der Waals surface area contributed by atoms with Gasteiger partial charge in [0.2, 0.25) is 0 Å². The highest BCUT2D eigenvalue weighted by Crippen LogP contribution is 2.28. The van der Waals surface area contributed by atoms with Gasteiger partial charge in [-0.1, -0.05) is 6.07 Å². The molecular formula is C24H29N3O2S. The van der Waals surface area contributed by atoms with Gasteiger partial charge in [0.15, 0.2) is 0 Å². The molecular weight excluding hydrogens is 394 g/mol. The van der Waals surface area contributed by atoms with Crippen LogP contribution in [-0.2, 0) is 13.0 Å². The largest absolute Gasteiger partial charge is 0.497 e. The summed E-state index contributed by atoms with van der Waals surface area (Å²) in [5.74, 6) is 2.51. The van der Waals surface area contributed by atoms with Gasteiger partial charge in [0, 0.05) is 24.2 Å². The molecule has 158 valence electrons.